The molecular formula is C17H16Cl2N2O3. The normalized spacial score (nSPS) is 22.7. The highest BCUT2D eigenvalue weighted by molar-refractivity contribution is 6.40. The van der Waals surface area contributed by atoms with Gasteiger partial charge in [-0.3, -0.25) is 19.3 Å². The van der Waals surface area contributed by atoms with Gasteiger partial charge >= 0.3 is 0 Å². The number of nitrogens with zero attached hydrogens (tertiary/aromatic N) is 1. The third-order valence-electron chi connectivity index (χ3n) is 4.45. The Morgan fingerprint density at radius 2 is 1.75 bits per heavy atom. The van der Waals surface area contributed by atoms with Crippen LogP contribution in [0.1, 0.15) is 18.4 Å². The van der Waals surface area contributed by atoms with Crippen LogP contribution in [0.25, 0.3) is 0 Å². The van der Waals surface area contributed by atoms with Crippen LogP contribution in [-0.2, 0) is 14.4 Å². The predicted molar refractivity (Wildman–Crippen MR) is 91.9 cm³/mol. The van der Waals surface area contributed by atoms with Crippen LogP contribution in [0.4, 0.5) is 5.69 Å². The standard InChI is InChI=1S/C17H16Cl2N2O3/c1-9-6-7-12(18)15(14(9)19)20-13(22)8-21-16(23)10-4-2-3-5-11(10)17(21)24/h2-3,6-7,10-11H,4-5,8H2,1H3,(H,20,22)/t10-,11+. The van der Waals surface area contributed by atoms with Crippen LogP contribution in [0, 0.1) is 18.8 Å². The molecule has 5 nitrogen and oxygen atoms in total. The predicted octanol–water partition coefficient (Wildman–Crippen LogP) is 3.19. The molecule has 0 bridgehead atoms. The zero-order valence-corrected chi connectivity index (χ0v) is 14.5. The zero-order valence-electron chi connectivity index (χ0n) is 13.0. The van der Waals surface area contributed by atoms with Crippen LogP contribution >= 0.6 is 23.2 Å². The molecule has 1 heterocycles. The SMILES string of the molecule is Cc1ccc(Cl)c(NC(=O)CN2C(=O)[C@H]3CC=CC[C@H]3C2=O)c1Cl. The quantitative estimate of drug-likeness (QED) is 0.659. The van der Waals surface area contributed by atoms with E-state index in [1.807, 2.05) is 12.2 Å². The minimum atomic E-state index is -0.502. The van der Waals surface area contributed by atoms with E-state index in [-0.39, 0.29) is 30.2 Å². The molecule has 1 N–H and O–H groups in total. The van der Waals surface area contributed by atoms with Crippen molar-refractivity contribution in [3.8, 4) is 0 Å². The first kappa shape index (κ1) is 17.0. The Kier molecular flexibility index (Phi) is 4.65. The molecule has 126 valence electrons. The number of carbonyl (C=O) groups is 3. The maximum absolute atomic E-state index is 12.4. The van der Waals surface area contributed by atoms with E-state index in [4.69, 9.17) is 23.2 Å². The fourth-order valence-electron chi connectivity index (χ4n) is 3.12. The van der Waals surface area contributed by atoms with Crippen molar-refractivity contribution in [3.05, 3.63) is 39.9 Å². The first-order valence-electron chi connectivity index (χ1n) is 7.65. The van der Waals surface area contributed by atoms with Crippen LogP contribution in [0.2, 0.25) is 10.0 Å². The summed E-state index contributed by atoms with van der Waals surface area (Å²) in [6, 6.07) is 3.37. The number of anilines is 1. The fourth-order valence-corrected chi connectivity index (χ4v) is 3.58. The summed E-state index contributed by atoms with van der Waals surface area (Å²) in [7, 11) is 0. The van der Waals surface area contributed by atoms with Gasteiger partial charge < -0.3 is 5.32 Å². The Hall–Kier alpha value is -1.85. The molecule has 0 spiro atoms. The Balaban J connectivity index is 1.73. The van der Waals surface area contributed by atoms with Gasteiger partial charge in [-0.25, -0.2) is 0 Å². The number of carbonyl (C=O) groups excluding carboxylic acids is 3. The summed E-state index contributed by atoms with van der Waals surface area (Å²) < 4.78 is 0. The Morgan fingerprint density at radius 1 is 1.17 bits per heavy atom. The van der Waals surface area contributed by atoms with Gasteiger partial charge in [-0.1, -0.05) is 41.4 Å². The van der Waals surface area contributed by atoms with Gasteiger partial charge in [-0.05, 0) is 31.4 Å². The number of likely N-dealkylation sites (tertiary alicyclic amines) is 1. The van der Waals surface area contributed by atoms with Crippen molar-refractivity contribution in [1.82, 2.24) is 4.90 Å². The van der Waals surface area contributed by atoms with E-state index in [0.29, 0.717) is 28.6 Å². The minimum absolute atomic E-state index is 0.286. The number of nitrogens with one attached hydrogen (secondary N) is 1. The third-order valence-corrected chi connectivity index (χ3v) is 5.25. The lowest BCUT2D eigenvalue weighted by Crippen LogP contribution is -2.38. The lowest BCUT2D eigenvalue weighted by Gasteiger charge is -2.16. The maximum Gasteiger partial charge on any atom is 0.244 e. The molecule has 0 radical (unpaired) electrons. The highest BCUT2D eigenvalue weighted by atomic mass is 35.5. The van der Waals surface area contributed by atoms with Crippen molar-refractivity contribution in [3.63, 3.8) is 0 Å². The van der Waals surface area contributed by atoms with Crippen LogP contribution < -0.4 is 5.32 Å². The van der Waals surface area contributed by atoms with Gasteiger partial charge in [0.2, 0.25) is 17.7 Å². The number of allylic oxidation sites excluding steroid dienone is 2. The molecule has 1 saturated heterocycles. The van der Waals surface area contributed by atoms with E-state index < -0.39 is 5.91 Å². The molecule has 0 unspecified atom stereocenters. The van der Waals surface area contributed by atoms with E-state index in [2.05, 4.69) is 5.32 Å². The average Bonchev–Trinajstić information content (AvgIpc) is 2.81. The smallest absolute Gasteiger partial charge is 0.244 e. The van der Waals surface area contributed by atoms with Gasteiger partial charge in [-0.15, -0.1) is 0 Å². The van der Waals surface area contributed by atoms with Gasteiger partial charge in [0.25, 0.3) is 0 Å². The summed E-state index contributed by atoms with van der Waals surface area (Å²) in [4.78, 5) is 38.1. The van der Waals surface area contributed by atoms with E-state index >= 15 is 0 Å². The molecular weight excluding hydrogens is 351 g/mol. The molecule has 24 heavy (non-hydrogen) atoms. The number of hydrogen-bond donors (Lipinski definition) is 1. The van der Waals surface area contributed by atoms with Crippen LogP contribution in [-0.4, -0.2) is 29.2 Å². The summed E-state index contributed by atoms with van der Waals surface area (Å²) >= 11 is 12.2. The second-order valence-electron chi connectivity index (χ2n) is 6.02. The van der Waals surface area contributed by atoms with Crippen molar-refractivity contribution in [2.24, 2.45) is 11.8 Å². The molecule has 3 rings (SSSR count). The highest BCUT2D eigenvalue weighted by Crippen LogP contribution is 2.35. The highest BCUT2D eigenvalue weighted by Gasteiger charge is 2.47. The number of rotatable bonds is 3. The summed E-state index contributed by atoms with van der Waals surface area (Å²) in [5.41, 5.74) is 1.06. The van der Waals surface area contributed by atoms with Crippen molar-refractivity contribution in [1.29, 1.82) is 0 Å². The molecule has 0 saturated carbocycles. The third kappa shape index (κ3) is 2.94. The molecule has 2 aliphatic rings. The molecule has 1 aromatic carbocycles. The first-order chi connectivity index (χ1) is 11.4. The second-order valence-corrected chi connectivity index (χ2v) is 6.81. The number of fused-ring (bicyclic) bond motifs is 1. The van der Waals surface area contributed by atoms with Gasteiger partial charge in [0, 0.05) is 0 Å². The zero-order chi connectivity index (χ0) is 17.4. The number of benzene rings is 1. The van der Waals surface area contributed by atoms with Gasteiger partial charge in [0.05, 0.1) is 27.6 Å². The van der Waals surface area contributed by atoms with Crippen molar-refractivity contribution >= 4 is 46.6 Å². The molecule has 1 aliphatic carbocycles. The maximum atomic E-state index is 12.4. The summed E-state index contributed by atoms with van der Waals surface area (Å²) in [5.74, 6) is -1.77. The summed E-state index contributed by atoms with van der Waals surface area (Å²) in [6.45, 7) is 1.46. The lowest BCUT2D eigenvalue weighted by atomic mass is 9.85. The number of amides is 3. The van der Waals surface area contributed by atoms with E-state index in [1.54, 1.807) is 19.1 Å². The Labute approximate surface area is 149 Å². The van der Waals surface area contributed by atoms with Crippen molar-refractivity contribution in [2.45, 2.75) is 19.8 Å². The molecule has 1 fully saturated rings. The van der Waals surface area contributed by atoms with Crippen molar-refractivity contribution < 1.29 is 14.4 Å². The largest absolute Gasteiger partial charge is 0.322 e. The number of imide groups is 1. The van der Waals surface area contributed by atoms with E-state index in [0.717, 1.165) is 10.5 Å². The Bertz CT molecular complexity index is 734. The van der Waals surface area contributed by atoms with Crippen LogP contribution in [0.5, 0.6) is 0 Å². The fraction of sp³-hybridized carbons (Fsp3) is 0.353. The van der Waals surface area contributed by atoms with Gasteiger partial charge in [0.1, 0.15) is 6.54 Å². The van der Waals surface area contributed by atoms with E-state index in [1.165, 1.54) is 0 Å². The molecule has 0 aromatic heterocycles. The molecule has 2 atom stereocenters. The first-order valence-corrected chi connectivity index (χ1v) is 8.40. The molecule has 7 heteroatoms. The minimum Gasteiger partial charge on any atom is -0.322 e. The molecule has 1 aromatic rings. The van der Waals surface area contributed by atoms with Gasteiger partial charge in [-0.2, -0.15) is 0 Å². The average molecular weight is 367 g/mol. The second kappa shape index (κ2) is 6.57. The van der Waals surface area contributed by atoms with Crippen molar-refractivity contribution in [2.75, 3.05) is 11.9 Å². The number of hydrogen-bond acceptors (Lipinski definition) is 3. The van der Waals surface area contributed by atoms with Crippen LogP contribution in [0.15, 0.2) is 24.3 Å². The molecule has 3 amide bonds. The lowest BCUT2D eigenvalue weighted by molar-refractivity contribution is -0.142. The summed E-state index contributed by atoms with van der Waals surface area (Å²) in [6.07, 6.45) is 4.90. The van der Waals surface area contributed by atoms with E-state index in [9.17, 15) is 14.4 Å². The summed E-state index contributed by atoms with van der Waals surface area (Å²) in [5, 5.41) is 3.25. The monoisotopic (exact) mass is 366 g/mol. The van der Waals surface area contributed by atoms with Crippen LogP contribution in [0.3, 0.4) is 0 Å². The van der Waals surface area contributed by atoms with Gasteiger partial charge in [0.15, 0.2) is 0 Å². The Morgan fingerprint density at radius 3 is 2.33 bits per heavy atom. The number of halogens is 2. The topological polar surface area (TPSA) is 66.5 Å². The number of aryl methyl sites for hydroxylation is 1. The molecule has 1 aliphatic heterocycles.